The Balaban J connectivity index is 2.25. The first-order valence-electron chi connectivity index (χ1n) is 8.50. The van der Waals surface area contributed by atoms with Gasteiger partial charge in [-0.25, -0.2) is 0 Å². The van der Waals surface area contributed by atoms with Crippen LogP contribution in [0.3, 0.4) is 0 Å². The van der Waals surface area contributed by atoms with Crippen molar-refractivity contribution in [3.63, 3.8) is 0 Å². The molecule has 0 unspecified atom stereocenters. The molecule has 5 nitrogen and oxygen atoms in total. The van der Waals surface area contributed by atoms with Crippen LogP contribution >= 0.6 is 23.4 Å². The highest BCUT2D eigenvalue weighted by Crippen LogP contribution is 2.56. The molecular formula is C19H21ClO5S. The van der Waals surface area contributed by atoms with Crippen molar-refractivity contribution in [2.45, 2.75) is 32.3 Å². The zero-order chi connectivity index (χ0) is 19.1. The van der Waals surface area contributed by atoms with Crippen LogP contribution in [-0.2, 0) is 4.79 Å². The van der Waals surface area contributed by atoms with Crippen LogP contribution in [0, 0.1) is 5.92 Å². The molecule has 1 aliphatic heterocycles. The number of carbonyl (C=O) groups is 2. The fraction of sp³-hybridized carbons (Fsp3) is 0.474. The summed E-state index contributed by atoms with van der Waals surface area (Å²) in [5.74, 6) is 1.26. The van der Waals surface area contributed by atoms with Crippen LogP contribution in [0.4, 0.5) is 0 Å². The third-order valence-corrected chi connectivity index (χ3v) is 6.27. The topological polar surface area (TPSA) is 61.8 Å². The number of benzene rings is 1. The minimum Gasteiger partial charge on any atom is -0.496 e. The van der Waals surface area contributed by atoms with Gasteiger partial charge in [0, 0.05) is 23.3 Å². The Morgan fingerprint density at radius 1 is 1.27 bits per heavy atom. The largest absolute Gasteiger partial charge is 0.496 e. The molecule has 3 rings (SSSR count). The van der Waals surface area contributed by atoms with E-state index < -0.39 is 5.60 Å². The maximum atomic E-state index is 13.6. The summed E-state index contributed by atoms with van der Waals surface area (Å²) in [5, 5.41) is 0.237. The second-order valence-electron chi connectivity index (χ2n) is 6.18. The Morgan fingerprint density at radius 3 is 2.54 bits per heavy atom. The van der Waals surface area contributed by atoms with E-state index >= 15 is 0 Å². The molecule has 0 fully saturated rings. The zero-order valence-electron chi connectivity index (χ0n) is 15.2. The van der Waals surface area contributed by atoms with Crippen molar-refractivity contribution in [1.29, 1.82) is 0 Å². The molecule has 1 spiro atoms. The van der Waals surface area contributed by atoms with Crippen molar-refractivity contribution >= 4 is 34.9 Å². The summed E-state index contributed by atoms with van der Waals surface area (Å²) in [4.78, 5) is 26.4. The number of rotatable bonds is 5. The molecule has 26 heavy (non-hydrogen) atoms. The number of thioether (sulfide) groups is 1. The highest BCUT2D eigenvalue weighted by Gasteiger charge is 2.59. The van der Waals surface area contributed by atoms with Crippen molar-refractivity contribution in [2.75, 3.05) is 20.0 Å². The SMILES string of the molecule is CCSC1=CC(=O)C[C@@H](CC)[C@]12Oc1c(Cl)c(OC)cc(OC)c1C2=O. The molecule has 0 N–H and O–H groups in total. The normalized spacial score (nSPS) is 24.3. The molecule has 0 aromatic heterocycles. The lowest BCUT2D eigenvalue weighted by Crippen LogP contribution is -2.51. The molecule has 1 heterocycles. The van der Waals surface area contributed by atoms with Gasteiger partial charge in [0.15, 0.2) is 11.5 Å². The number of halogens is 1. The lowest BCUT2D eigenvalue weighted by Gasteiger charge is -2.38. The lowest BCUT2D eigenvalue weighted by molar-refractivity contribution is -0.117. The smallest absolute Gasteiger partial charge is 0.219 e. The van der Waals surface area contributed by atoms with Crippen LogP contribution < -0.4 is 14.2 Å². The molecule has 0 bridgehead atoms. The number of ether oxygens (including phenoxy) is 3. The standard InChI is InChI=1S/C19H21ClO5S/c1-5-10-7-11(21)8-14(26-6-2)19(10)18(22)15-12(23-3)9-13(24-4)16(20)17(15)25-19/h8-10H,5-7H2,1-4H3/t10-,19+/m1/s1. The van der Waals surface area contributed by atoms with Crippen LogP contribution in [-0.4, -0.2) is 37.1 Å². The molecule has 0 radical (unpaired) electrons. The van der Waals surface area contributed by atoms with Gasteiger partial charge in [-0.1, -0.05) is 25.4 Å². The van der Waals surface area contributed by atoms with Crippen molar-refractivity contribution in [2.24, 2.45) is 5.92 Å². The van der Waals surface area contributed by atoms with Crippen molar-refractivity contribution in [1.82, 2.24) is 0 Å². The van der Waals surface area contributed by atoms with Gasteiger partial charge in [-0.2, -0.15) is 0 Å². The van der Waals surface area contributed by atoms with Crippen molar-refractivity contribution in [3.8, 4) is 17.2 Å². The van der Waals surface area contributed by atoms with E-state index in [0.29, 0.717) is 28.4 Å². The van der Waals surface area contributed by atoms with E-state index in [1.54, 1.807) is 12.1 Å². The van der Waals surface area contributed by atoms with Crippen LogP contribution in [0.1, 0.15) is 37.0 Å². The Morgan fingerprint density at radius 2 is 1.96 bits per heavy atom. The van der Waals surface area contributed by atoms with E-state index in [4.69, 9.17) is 25.8 Å². The molecule has 140 valence electrons. The van der Waals surface area contributed by atoms with E-state index in [2.05, 4.69) is 0 Å². The van der Waals surface area contributed by atoms with Gasteiger partial charge in [0.1, 0.15) is 22.1 Å². The minimum atomic E-state index is -1.23. The van der Waals surface area contributed by atoms with E-state index in [0.717, 1.165) is 5.75 Å². The number of Topliss-reactive ketones (excluding diaryl/α,β-unsaturated/α-hetero) is 1. The average molecular weight is 397 g/mol. The molecule has 2 aliphatic rings. The van der Waals surface area contributed by atoms with Gasteiger partial charge in [0.05, 0.1) is 14.2 Å². The number of allylic oxidation sites excluding steroid dienone is 1. The predicted octanol–water partition coefficient (Wildman–Crippen LogP) is 4.31. The summed E-state index contributed by atoms with van der Waals surface area (Å²) in [6, 6.07) is 1.59. The summed E-state index contributed by atoms with van der Waals surface area (Å²) in [6.45, 7) is 3.93. The maximum Gasteiger partial charge on any atom is 0.219 e. The quantitative estimate of drug-likeness (QED) is 0.739. The van der Waals surface area contributed by atoms with Gasteiger partial charge in [-0.05, 0) is 18.2 Å². The summed E-state index contributed by atoms with van der Waals surface area (Å²) in [5.41, 5.74) is -0.914. The third kappa shape index (κ3) is 2.62. The summed E-state index contributed by atoms with van der Waals surface area (Å²) < 4.78 is 17.0. The van der Waals surface area contributed by atoms with Gasteiger partial charge in [0.25, 0.3) is 0 Å². The van der Waals surface area contributed by atoms with Gasteiger partial charge >= 0.3 is 0 Å². The second kappa shape index (κ2) is 7.16. The molecule has 2 atom stereocenters. The minimum absolute atomic E-state index is 0.0152. The van der Waals surface area contributed by atoms with Crippen LogP contribution in [0.5, 0.6) is 17.2 Å². The summed E-state index contributed by atoms with van der Waals surface area (Å²) in [7, 11) is 2.98. The molecule has 0 saturated heterocycles. The fourth-order valence-electron chi connectivity index (χ4n) is 3.67. The Kier molecular flexibility index (Phi) is 5.26. The van der Waals surface area contributed by atoms with Crippen LogP contribution in [0.25, 0.3) is 0 Å². The lowest BCUT2D eigenvalue weighted by atomic mass is 9.74. The average Bonchev–Trinajstić information content (AvgIpc) is 2.94. The monoisotopic (exact) mass is 396 g/mol. The van der Waals surface area contributed by atoms with Crippen molar-refractivity contribution in [3.05, 3.63) is 27.6 Å². The highest BCUT2D eigenvalue weighted by molar-refractivity contribution is 8.03. The molecule has 7 heteroatoms. The molecule has 1 aliphatic carbocycles. The summed E-state index contributed by atoms with van der Waals surface area (Å²) in [6.07, 6.45) is 2.44. The van der Waals surface area contributed by atoms with E-state index in [-0.39, 0.29) is 34.7 Å². The van der Waals surface area contributed by atoms with Gasteiger partial charge in [-0.15, -0.1) is 11.8 Å². The molecule has 0 saturated carbocycles. The Hall–Kier alpha value is -1.66. The molecule has 1 aromatic rings. The molecular weight excluding hydrogens is 376 g/mol. The van der Waals surface area contributed by atoms with E-state index in [1.807, 2.05) is 13.8 Å². The number of hydrogen-bond donors (Lipinski definition) is 0. The molecule has 0 amide bonds. The first kappa shape index (κ1) is 19.1. The Labute approximate surface area is 162 Å². The first-order valence-corrected chi connectivity index (χ1v) is 9.86. The van der Waals surface area contributed by atoms with Crippen molar-refractivity contribution < 1.29 is 23.8 Å². The zero-order valence-corrected chi connectivity index (χ0v) is 16.8. The second-order valence-corrected chi connectivity index (χ2v) is 7.87. The number of carbonyl (C=O) groups excluding carboxylic acids is 2. The third-order valence-electron chi connectivity index (χ3n) is 4.89. The Bertz CT molecular complexity index is 804. The maximum absolute atomic E-state index is 13.6. The number of ketones is 2. The molecule has 1 aromatic carbocycles. The predicted molar refractivity (Wildman–Crippen MR) is 102 cm³/mol. The van der Waals surface area contributed by atoms with Crippen LogP contribution in [0.15, 0.2) is 17.0 Å². The number of methoxy groups -OCH3 is 2. The van der Waals surface area contributed by atoms with E-state index in [1.165, 1.54) is 26.0 Å². The summed E-state index contributed by atoms with van der Waals surface area (Å²) >= 11 is 7.90. The first-order chi connectivity index (χ1) is 12.4. The van der Waals surface area contributed by atoms with Crippen LogP contribution in [0.2, 0.25) is 5.02 Å². The van der Waals surface area contributed by atoms with Gasteiger partial charge < -0.3 is 14.2 Å². The highest BCUT2D eigenvalue weighted by atomic mass is 35.5. The fourth-order valence-corrected chi connectivity index (χ4v) is 4.97. The van der Waals surface area contributed by atoms with Gasteiger partial charge in [-0.3, -0.25) is 9.59 Å². The van der Waals surface area contributed by atoms with E-state index in [9.17, 15) is 9.59 Å². The number of fused-ring (bicyclic) bond motifs is 1. The number of hydrogen-bond acceptors (Lipinski definition) is 6. The van der Waals surface area contributed by atoms with Gasteiger partial charge in [0.2, 0.25) is 11.4 Å².